The molecular weight excluding hydrogens is 541 g/mol. The van der Waals surface area contributed by atoms with E-state index in [-0.39, 0.29) is 0 Å². The zero-order valence-electron chi connectivity index (χ0n) is 24.2. The predicted octanol–water partition coefficient (Wildman–Crippen LogP) is 10.7. The van der Waals surface area contributed by atoms with Gasteiger partial charge in [0.1, 0.15) is 7.14 Å². The van der Waals surface area contributed by atoms with Crippen LogP contribution in [0.1, 0.15) is 0 Å². The first-order chi connectivity index (χ1) is 21.0. The molecule has 43 heavy (non-hydrogen) atoms. The van der Waals surface area contributed by atoms with Crippen LogP contribution >= 0.6 is 7.14 Å². The molecule has 206 valence electrons. The van der Waals surface area contributed by atoms with Gasteiger partial charge in [0, 0.05) is 21.8 Å². The molecule has 0 bridgehead atoms. The Kier molecular flexibility index (Phi) is 5.89. The van der Waals surface area contributed by atoms with Gasteiger partial charge in [-0.3, -0.25) is 0 Å². The van der Waals surface area contributed by atoms with Gasteiger partial charge >= 0.3 is 0 Å². The van der Waals surface area contributed by atoms with Crippen molar-refractivity contribution in [1.29, 1.82) is 0 Å². The third kappa shape index (κ3) is 4.30. The van der Waals surface area contributed by atoms with Crippen molar-refractivity contribution in [2.24, 2.45) is 0 Å². The van der Waals surface area contributed by atoms with Gasteiger partial charge in [0.2, 0.25) is 0 Å². The lowest BCUT2D eigenvalue weighted by Gasteiger charge is -2.12. The lowest BCUT2D eigenvalue weighted by molar-refractivity contribution is 0.588. The predicted molar refractivity (Wildman–Crippen MR) is 186 cm³/mol. The summed E-state index contributed by atoms with van der Waals surface area (Å²) in [6.45, 7) is 3.66. The molecule has 1 heterocycles. The zero-order valence-corrected chi connectivity index (χ0v) is 25.1. The van der Waals surface area contributed by atoms with Crippen LogP contribution < -0.4 is 5.30 Å². The number of hydrogen-bond donors (Lipinski definition) is 0. The lowest BCUT2D eigenvalue weighted by Crippen LogP contribution is -2.02. The van der Waals surface area contributed by atoms with Crippen molar-refractivity contribution >= 4 is 55.8 Å². The average molecular weight is 572 g/mol. The molecule has 0 aliphatic rings. The van der Waals surface area contributed by atoms with Crippen LogP contribution in [-0.2, 0) is 4.57 Å². The molecule has 0 N–H and O–H groups in total. The lowest BCUT2D eigenvalue weighted by atomic mass is 9.93. The van der Waals surface area contributed by atoms with E-state index >= 15 is 0 Å². The van der Waals surface area contributed by atoms with Gasteiger partial charge in [-0.2, -0.15) is 0 Å². The number of fused-ring (bicyclic) bond motifs is 6. The Hall–Kier alpha value is -4.91. The molecule has 0 unspecified atom stereocenters. The quantitative estimate of drug-likeness (QED) is 0.152. The first-order valence-electron chi connectivity index (χ1n) is 14.7. The fourth-order valence-electron chi connectivity index (χ4n) is 6.54. The molecule has 0 aliphatic carbocycles. The van der Waals surface area contributed by atoms with E-state index in [2.05, 4.69) is 138 Å². The van der Waals surface area contributed by atoms with Crippen molar-refractivity contribution < 1.29 is 4.57 Å². The van der Waals surface area contributed by atoms with Crippen molar-refractivity contribution in [3.05, 3.63) is 146 Å². The topological polar surface area (TPSA) is 22.0 Å². The number of nitrogens with zero attached hydrogens (tertiary/aromatic N) is 1. The molecule has 0 aliphatic heterocycles. The van der Waals surface area contributed by atoms with E-state index in [1.807, 2.05) is 25.5 Å². The van der Waals surface area contributed by atoms with Gasteiger partial charge in [0.25, 0.3) is 0 Å². The monoisotopic (exact) mass is 571 g/mol. The highest BCUT2D eigenvalue weighted by Gasteiger charge is 2.17. The van der Waals surface area contributed by atoms with Crippen LogP contribution in [0.3, 0.4) is 0 Å². The summed E-state index contributed by atoms with van der Waals surface area (Å²) in [6.07, 6.45) is 0. The van der Waals surface area contributed by atoms with Gasteiger partial charge in [0.15, 0.2) is 0 Å². The van der Waals surface area contributed by atoms with Gasteiger partial charge in [-0.15, -0.1) is 0 Å². The van der Waals surface area contributed by atoms with Crippen LogP contribution in [0, 0.1) is 0 Å². The van der Waals surface area contributed by atoms with Crippen LogP contribution in [0.15, 0.2) is 146 Å². The highest BCUT2D eigenvalue weighted by molar-refractivity contribution is 7.70. The summed E-state index contributed by atoms with van der Waals surface area (Å²) in [4.78, 5) is 0. The molecular formula is C40H30NOP. The van der Waals surface area contributed by atoms with Gasteiger partial charge in [-0.25, -0.2) is 0 Å². The van der Waals surface area contributed by atoms with Crippen LogP contribution in [0.25, 0.3) is 71.3 Å². The van der Waals surface area contributed by atoms with Crippen molar-refractivity contribution in [3.63, 3.8) is 0 Å². The molecule has 0 saturated carbocycles. The summed E-state index contributed by atoms with van der Waals surface area (Å²) in [6, 6.07) is 52.1. The van der Waals surface area contributed by atoms with Crippen LogP contribution in [0.2, 0.25) is 0 Å². The number of rotatable bonds is 4. The number of aromatic nitrogens is 1. The van der Waals surface area contributed by atoms with Crippen molar-refractivity contribution in [2.45, 2.75) is 0 Å². The van der Waals surface area contributed by atoms with E-state index in [1.54, 1.807) is 0 Å². The molecule has 0 radical (unpaired) electrons. The Balaban J connectivity index is 1.40. The van der Waals surface area contributed by atoms with Gasteiger partial charge in [-0.05, 0) is 99.6 Å². The normalized spacial score (nSPS) is 12.0. The highest BCUT2D eigenvalue weighted by Crippen LogP contribution is 2.41. The molecule has 0 saturated heterocycles. The maximum absolute atomic E-state index is 12.8. The first kappa shape index (κ1) is 25.8. The molecule has 0 amide bonds. The van der Waals surface area contributed by atoms with Crippen molar-refractivity contribution in [2.75, 3.05) is 13.3 Å². The largest absolute Gasteiger partial charge is 0.319 e. The Labute approximate surface area is 251 Å². The summed E-state index contributed by atoms with van der Waals surface area (Å²) in [5, 5.41) is 8.37. The smallest absolute Gasteiger partial charge is 0.109 e. The van der Waals surface area contributed by atoms with Crippen molar-refractivity contribution in [3.8, 4) is 27.9 Å². The molecule has 0 atom stereocenters. The van der Waals surface area contributed by atoms with Gasteiger partial charge < -0.3 is 9.13 Å². The minimum atomic E-state index is -2.36. The number of para-hydroxylation sites is 1. The zero-order chi connectivity index (χ0) is 29.1. The average Bonchev–Trinajstić information content (AvgIpc) is 3.37. The van der Waals surface area contributed by atoms with E-state index in [0.29, 0.717) is 0 Å². The fraction of sp³-hybridized carbons (Fsp3) is 0.0500. The molecule has 8 aromatic rings. The third-order valence-corrected chi connectivity index (χ3v) is 10.2. The molecule has 0 fully saturated rings. The minimum Gasteiger partial charge on any atom is -0.319 e. The summed E-state index contributed by atoms with van der Waals surface area (Å²) >= 11 is 0. The van der Waals surface area contributed by atoms with Crippen molar-refractivity contribution in [1.82, 2.24) is 4.57 Å². The standard InChI is InChI=1S/C40H30NOP/c1-43(2,42)32-15-10-12-27(23-32)28-20-22-39-38(24-28)36-21-19-30(26-40(36)41(39)31-13-4-3-5-14-31)37-25-29-11-6-7-16-33(29)34-17-8-9-18-35(34)37/h3-26H,1-2H3. The van der Waals surface area contributed by atoms with Gasteiger partial charge in [-0.1, -0.05) is 103 Å². The molecule has 3 heteroatoms. The van der Waals surface area contributed by atoms with E-state index in [0.717, 1.165) is 22.1 Å². The summed E-state index contributed by atoms with van der Waals surface area (Å²) in [7, 11) is -2.36. The summed E-state index contributed by atoms with van der Waals surface area (Å²) in [5.74, 6) is 0. The van der Waals surface area contributed by atoms with E-state index < -0.39 is 7.14 Å². The Morgan fingerprint density at radius 3 is 1.98 bits per heavy atom. The fourth-order valence-corrected chi connectivity index (χ4v) is 7.43. The maximum atomic E-state index is 12.8. The molecule has 0 spiro atoms. The van der Waals surface area contributed by atoms with Crippen LogP contribution in [0.4, 0.5) is 0 Å². The Morgan fingerprint density at radius 2 is 1.16 bits per heavy atom. The van der Waals surface area contributed by atoms with Gasteiger partial charge in [0.05, 0.1) is 11.0 Å². The summed E-state index contributed by atoms with van der Waals surface area (Å²) < 4.78 is 15.2. The van der Waals surface area contributed by atoms with E-state index in [1.165, 1.54) is 54.5 Å². The second-order valence-electron chi connectivity index (χ2n) is 11.7. The molecule has 2 nitrogen and oxygen atoms in total. The SMILES string of the molecule is CP(C)(=O)c1cccc(-c2ccc3c(c2)c2ccc(-c4cc5ccccc5c5ccccc45)cc2n3-c2ccccc2)c1. The molecule has 7 aromatic carbocycles. The second-order valence-corrected chi connectivity index (χ2v) is 14.9. The Bertz CT molecular complexity index is 2390. The van der Waals surface area contributed by atoms with E-state index in [9.17, 15) is 4.57 Å². The Morgan fingerprint density at radius 1 is 0.465 bits per heavy atom. The molecule has 1 aromatic heterocycles. The number of hydrogen-bond acceptors (Lipinski definition) is 1. The second kappa shape index (κ2) is 9.83. The minimum absolute atomic E-state index is 0.907. The molecule has 8 rings (SSSR count). The summed E-state index contributed by atoms with van der Waals surface area (Å²) in [5.41, 5.74) is 8.12. The third-order valence-electron chi connectivity index (χ3n) is 8.66. The van der Waals surface area contributed by atoms with Crippen LogP contribution in [-0.4, -0.2) is 17.9 Å². The maximum Gasteiger partial charge on any atom is 0.109 e. The van der Waals surface area contributed by atoms with E-state index in [4.69, 9.17) is 0 Å². The highest BCUT2D eigenvalue weighted by atomic mass is 31.2. The number of benzene rings is 7. The van der Waals surface area contributed by atoms with Crippen LogP contribution in [0.5, 0.6) is 0 Å². The first-order valence-corrected chi connectivity index (χ1v) is 17.3.